The molecule has 0 aliphatic heterocycles. The Hall–Kier alpha value is -0.400. The number of aryl methyl sites for hydroxylation is 2. The van der Waals surface area contributed by atoms with Crippen molar-refractivity contribution >= 4 is 26.0 Å². The maximum absolute atomic E-state index is 12.3. The van der Waals surface area contributed by atoms with Crippen molar-refractivity contribution in [2.24, 2.45) is 5.41 Å². The van der Waals surface area contributed by atoms with Gasteiger partial charge in [0, 0.05) is 24.1 Å². The Morgan fingerprint density at radius 1 is 1.43 bits per heavy atom. The zero-order chi connectivity index (χ0) is 16.3. The number of alkyl halides is 1. The number of imidazole rings is 1. The molecule has 1 N–H and O–H groups in total. The zero-order valence-corrected chi connectivity index (χ0v) is 15.9. The summed E-state index contributed by atoms with van der Waals surface area (Å²) in [5.41, 5.74) is 0.152. The molecule has 122 valence electrons. The van der Waals surface area contributed by atoms with Gasteiger partial charge in [0.15, 0.2) is 5.03 Å². The van der Waals surface area contributed by atoms with Crippen LogP contribution in [0, 0.1) is 12.3 Å². The quantitative estimate of drug-likeness (QED) is 0.740. The topological polar surface area (TPSA) is 64.0 Å². The van der Waals surface area contributed by atoms with Crippen molar-refractivity contribution in [1.29, 1.82) is 0 Å². The third kappa shape index (κ3) is 6.08. The minimum atomic E-state index is -3.54. The van der Waals surface area contributed by atoms with Crippen LogP contribution in [0.5, 0.6) is 0 Å². The molecular weight excluding hydrogens is 354 g/mol. The van der Waals surface area contributed by atoms with Gasteiger partial charge in [-0.15, -0.1) is 0 Å². The van der Waals surface area contributed by atoms with E-state index in [-0.39, 0.29) is 15.3 Å². The fourth-order valence-corrected chi connectivity index (χ4v) is 4.52. The predicted octanol–water partition coefficient (Wildman–Crippen LogP) is 3.08. The van der Waals surface area contributed by atoms with E-state index < -0.39 is 10.0 Å². The molecule has 7 heteroatoms. The molecule has 1 rings (SSSR count). The molecule has 1 unspecified atom stereocenters. The summed E-state index contributed by atoms with van der Waals surface area (Å²) in [5, 5.41) is 0.101. The lowest BCUT2D eigenvalue weighted by molar-refractivity contribution is 0.373. The van der Waals surface area contributed by atoms with Gasteiger partial charge in [0.2, 0.25) is 0 Å². The third-order valence-electron chi connectivity index (χ3n) is 3.02. The molecule has 5 nitrogen and oxygen atoms in total. The average Bonchev–Trinajstić information content (AvgIpc) is 2.68. The van der Waals surface area contributed by atoms with Gasteiger partial charge in [-0.05, 0) is 25.2 Å². The average molecular weight is 380 g/mol. The molecule has 0 amide bonds. The normalized spacial score (nSPS) is 14.4. The van der Waals surface area contributed by atoms with Gasteiger partial charge in [0.1, 0.15) is 5.82 Å². The summed E-state index contributed by atoms with van der Waals surface area (Å²) in [4.78, 5) is 4.25. The summed E-state index contributed by atoms with van der Waals surface area (Å²) >= 11 is 3.53. The first-order valence-corrected chi connectivity index (χ1v) is 9.62. The van der Waals surface area contributed by atoms with Gasteiger partial charge in [0.25, 0.3) is 10.0 Å². The minimum Gasteiger partial charge on any atom is -0.334 e. The third-order valence-corrected chi connectivity index (χ3v) is 4.96. The number of halogens is 1. The molecule has 0 aromatic carbocycles. The number of hydrogen-bond acceptors (Lipinski definition) is 3. The van der Waals surface area contributed by atoms with Crippen LogP contribution in [0.3, 0.4) is 0 Å². The van der Waals surface area contributed by atoms with E-state index in [1.54, 1.807) is 6.20 Å². The van der Waals surface area contributed by atoms with E-state index in [9.17, 15) is 8.42 Å². The highest BCUT2D eigenvalue weighted by molar-refractivity contribution is 9.09. The highest BCUT2D eigenvalue weighted by atomic mass is 79.9. The second-order valence-electron chi connectivity index (χ2n) is 6.53. The van der Waals surface area contributed by atoms with Gasteiger partial charge in [-0.25, -0.2) is 18.1 Å². The first kappa shape index (κ1) is 18.6. The van der Waals surface area contributed by atoms with Crippen LogP contribution in [-0.2, 0) is 16.6 Å². The predicted molar refractivity (Wildman–Crippen MR) is 89.2 cm³/mol. The Labute approximate surface area is 136 Å². The van der Waals surface area contributed by atoms with Crippen molar-refractivity contribution in [3.8, 4) is 0 Å². The monoisotopic (exact) mass is 379 g/mol. The van der Waals surface area contributed by atoms with E-state index in [4.69, 9.17) is 0 Å². The summed E-state index contributed by atoms with van der Waals surface area (Å²) in [7, 11) is -3.54. The maximum Gasteiger partial charge on any atom is 0.259 e. The molecule has 1 atom stereocenters. The zero-order valence-electron chi connectivity index (χ0n) is 13.5. The van der Waals surface area contributed by atoms with Crippen LogP contribution >= 0.6 is 15.9 Å². The second kappa shape index (κ2) is 7.24. The highest BCUT2D eigenvalue weighted by Crippen LogP contribution is 2.24. The number of nitrogens with zero attached hydrogens (tertiary/aromatic N) is 2. The molecule has 0 bridgehead atoms. The molecule has 1 aromatic heterocycles. The van der Waals surface area contributed by atoms with Crippen LogP contribution in [0.1, 0.15) is 46.4 Å². The van der Waals surface area contributed by atoms with Crippen molar-refractivity contribution < 1.29 is 8.42 Å². The van der Waals surface area contributed by atoms with Gasteiger partial charge in [-0.3, -0.25) is 0 Å². The first-order valence-electron chi connectivity index (χ1n) is 7.22. The minimum absolute atomic E-state index is 0.101. The lowest BCUT2D eigenvalue weighted by atomic mass is 9.91. The smallest absolute Gasteiger partial charge is 0.259 e. The Morgan fingerprint density at radius 3 is 2.57 bits per heavy atom. The van der Waals surface area contributed by atoms with Gasteiger partial charge in [0.05, 0.1) is 0 Å². The molecule has 0 saturated carbocycles. The van der Waals surface area contributed by atoms with E-state index in [1.807, 2.05) is 18.4 Å². The largest absolute Gasteiger partial charge is 0.334 e. The standard InChI is InChI=1S/C14H26BrN3O2S/c1-6-7-18-10-13(17-11(18)2)21(19,20)16-9-12(15)8-14(3,4)5/h10,12,16H,6-9H2,1-5H3. The van der Waals surface area contributed by atoms with Crippen molar-refractivity contribution in [3.63, 3.8) is 0 Å². The highest BCUT2D eigenvalue weighted by Gasteiger charge is 2.22. The molecule has 0 saturated heterocycles. The van der Waals surface area contributed by atoms with Crippen LogP contribution in [-0.4, -0.2) is 29.3 Å². The van der Waals surface area contributed by atoms with Crippen LogP contribution < -0.4 is 4.72 Å². The summed E-state index contributed by atoms with van der Waals surface area (Å²) in [5.74, 6) is 0.724. The number of aromatic nitrogens is 2. The number of rotatable bonds is 7. The Balaban J connectivity index is 2.71. The Morgan fingerprint density at radius 2 is 2.05 bits per heavy atom. The van der Waals surface area contributed by atoms with E-state index in [0.29, 0.717) is 6.54 Å². The fourth-order valence-electron chi connectivity index (χ4n) is 2.09. The summed E-state index contributed by atoms with van der Waals surface area (Å²) in [6.07, 6.45) is 3.44. The van der Waals surface area contributed by atoms with Gasteiger partial charge in [-0.2, -0.15) is 0 Å². The Kier molecular flexibility index (Phi) is 6.43. The maximum atomic E-state index is 12.3. The summed E-state index contributed by atoms with van der Waals surface area (Å²) in [6, 6.07) is 0. The van der Waals surface area contributed by atoms with E-state index >= 15 is 0 Å². The van der Waals surface area contributed by atoms with Gasteiger partial charge < -0.3 is 4.57 Å². The van der Waals surface area contributed by atoms with E-state index in [2.05, 4.69) is 46.4 Å². The van der Waals surface area contributed by atoms with Crippen LogP contribution in [0.4, 0.5) is 0 Å². The number of sulfonamides is 1. The molecule has 21 heavy (non-hydrogen) atoms. The molecule has 0 aliphatic carbocycles. The molecule has 0 fully saturated rings. The number of hydrogen-bond donors (Lipinski definition) is 1. The first-order chi connectivity index (χ1) is 9.55. The molecule has 1 aromatic rings. The molecule has 0 aliphatic rings. The Bertz CT molecular complexity index is 561. The van der Waals surface area contributed by atoms with Crippen molar-refractivity contribution in [1.82, 2.24) is 14.3 Å². The van der Waals surface area contributed by atoms with Crippen LogP contribution in [0.25, 0.3) is 0 Å². The molecule has 1 heterocycles. The molecule has 0 radical (unpaired) electrons. The van der Waals surface area contributed by atoms with E-state index in [0.717, 1.165) is 25.2 Å². The van der Waals surface area contributed by atoms with Crippen molar-refractivity contribution in [2.75, 3.05) is 6.54 Å². The van der Waals surface area contributed by atoms with Gasteiger partial charge >= 0.3 is 0 Å². The van der Waals surface area contributed by atoms with Crippen LogP contribution in [0.15, 0.2) is 11.2 Å². The second-order valence-corrected chi connectivity index (χ2v) is 9.54. The summed E-state index contributed by atoms with van der Waals surface area (Å²) < 4.78 is 29.0. The summed E-state index contributed by atoms with van der Waals surface area (Å²) in [6.45, 7) is 11.4. The lowest BCUT2D eigenvalue weighted by Gasteiger charge is -2.22. The fraction of sp³-hybridized carbons (Fsp3) is 0.786. The number of nitrogens with one attached hydrogen (secondary N) is 1. The molecule has 0 spiro atoms. The van der Waals surface area contributed by atoms with Crippen LogP contribution in [0.2, 0.25) is 0 Å². The van der Waals surface area contributed by atoms with E-state index in [1.165, 1.54) is 0 Å². The lowest BCUT2D eigenvalue weighted by Crippen LogP contribution is -2.31. The molecular formula is C14H26BrN3O2S. The van der Waals surface area contributed by atoms with Crippen molar-refractivity contribution in [2.45, 2.75) is 63.9 Å². The SMILES string of the molecule is CCCn1cc(S(=O)(=O)NCC(Br)CC(C)(C)C)nc1C. The van der Waals surface area contributed by atoms with Gasteiger partial charge in [-0.1, -0.05) is 43.6 Å². The van der Waals surface area contributed by atoms with Crippen molar-refractivity contribution in [3.05, 3.63) is 12.0 Å².